The predicted octanol–water partition coefficient (Wildman–Crippen LogP) is 6.36. The average Bonchev–Trinajstić information content (AvgIpc) is 2.76. The molecule has 2 aromatic rings. The highest BCUT2D eigenvalue weighted by Crippen LogP contribution is 2.46. The molecule has 0 heterocycles. The van der Waals surface area contributed by atoms with Crippen molar-refractivity contribution in [2.24, 2.45) is 0 Å². The van der Waals surface area contributed by atoms with Crippen LogP contribution in [0.1, 0.15) is 79.6 Å². The summed E-state index contributed by atoms with van der Waals surface area (Å²) in [6, 6.07) is 13.5. The second kappa shape index (κ2) is 7.51. The number of carbonyl (C=O) groups is 1. The molecule has 31 heavy (non-hydrogen) atoms. The molecule has 2 aliphatic rings. The Kier molecular flexibility index (Phi) is 5.11. The Morgan fingerprint density at radius 2 is 1.48 bits per heavy atom. The number of carboxylic acid groups (broad SMARTS) is 1. The Bertz CT molecular complexity index is 1170. The van der Waals surface area contributed by atoms with Crippen LogP contribution in [0.25, 0.3) is 11.1 Å². The lowest BCUT2D eigenvalue weighted by Crippen LogP contribution is -2.33. The van der Waals surface area contributed by atoms with Crippen molar-refractivity contribution in [1.82, 2.24) is 0 Å². The molecule has 0 fully saturated rings. The number of aromatic carboxylic acids is 1. The number of hydrogen-bond donors (Lipinski definition) is 1. The minimum absolute atomic E-state index is 0.110. The van der Waals surface area contributed by atoms with Crippen LogP contribution in [0.2, 0.25) is 0 Å². The van der Waals surface area contributed by atoms with Crippen LogP contribution in [-0.4, -0.2) is 17.0 Å². The van der Waals surface area contributed by atoms with Crippen LogP contribution in [0, 0.1) is 0 Å². The first-order chi connectivity index (χ1) is 14.6. The summed E-state index contributed by atoms with van der Waals surface area (Å²) in [5, 5.41) is 9.15. The normalized spacial score (nSPS) is 19.0. The van der Waals surface area contributed by atoms with E-state index in [0.29, 0.717) is 12.0 Å². The Balaban J connectivity index is 1.79. The molecule has 158 valence electrons. The third-order valence-electron chi connectivity index (χ3n) is 6.86. The van der Waals surface area contributed by atoms with E-state index in [1.54, 1.807) is 24.3 Å². The van der Waals surface area contributed by atoms with E-state index in [0.717, 1.165) is 28.7 Å². The molecule has 4 rings (SSSR count). The smallest absolute Gasteiger partial charge is 0.335 e. The van der Waals surface area contributed by atoms with Crippen LogP contribution in [0.5, 0.6) is 0 Å². The highest BCUT2D eigenvalue weighted by atomic mass is 16.4. The monoisotopic (exact) mass is 412 g/mol. The van der Waals surface area contributed by atoms with E-state index < -0.39 is 5.97 Å². The summed E-state index contributed by atoms with van der Waals surface area (Å²) in [4.78, 5) is 22.7. The van der Waals surface area contributed by atoms with Crippen LogP contribution in [0.15, 0.2) is 60.2 Å². The molecule has 0 radical (unpaired) electrons. The highest BCUT2D eigenvalue weighted by Gasteiger charge is 2.37. The quantitative estimate of drug-likeness (QED) is 0.597. The summed E-state index contributed by atoms with van der Waals surface area (Å²) in [6.07, 6.45) is 6.84. The predicted molar refractivity (Wildman–Crippen MR) is 125 cm³/mol. The number of rotatable bonds is 3. The number of carboxylic acids is 1. The van der Waals surface area contributed by atoms with Crippen molar-refractivity contribution in [2.75, 3.05) is 0 Å². The molecule has 3 nitrogen and oxygen atoms in total. The first-order valence-electron chi connectivity index (χ1n) is 10.8. The molecule has 0 aromatic heterocycles. The molecule has 0 amide bonds. The molecule has 0 bridgehead atoms. The molecule has 1 N–H and O–H groups in total. The van der Waals surface area contributed by atoms with Gasteiger partial charge in [-0.25, -0.2) is 9.59 Å². The Morgan fingerprint density at radius 3 is 2.10 bits per heavy atom. The van der Waals surface area contributed by atoms with Gasteiger partial charge in [-0.05, 0) is 75.3 Å². The van der Waals surface area contributed by atoms with Gasteiger partial charge in [-0.3, -0.25) is 0 Å². The van der Waals surface area contributed by atoms with Gasteiger partial charge in [0.15, 0.2) is 0 Å². The van der Waals surface area contributed by atoms with Crippen molar-refractivity contribution in [1.29, 1.82) is 0 Å². The largest absolute Gasteiger partial charge is 0.478 e. The van der Waals surface area contributed by atoms with Crippen LogP contribution < -0.4 is 0 Å². The molecule has 0 saturated carbocycles. The molecule has 0 spiro atoms. The van der Waals surface area contributed by atoms with E-state index in [1.165, 1.54) is 17.5 Å². The van der Waals surface area contributed by atoms with Gasteiger partial charge in [0.05, 0.1) is 5.56 Å². The molecule has 3 heteroatoms. The summed E-state index contributed by atoms with van der Waals surface area (Å²) in [5.41, 5.74) is 7.90. The second-order valence-corrected chi connectivity index (χ2v) is 9.98. The van der Waals surface area contributed by atoms with Gasteiger partial charge in [-0.2, -0.15) is 0 Å². The summed E-state index contributed by atoms with van der Waals surface area (Å²) in [5.74, 6) is 1.13. The molecule has 0 atom stereocenters. The van der Waals surface area contributed by atoms with Gasteiger partial charge < -0.3 is 5.11 Å². The zero-order chi connectivity index (χ0) is 22.4. The number of allylic oxidation sites excluding steroid dienone is 5. The SMILES string of the molecule is CC1(C)CCC(C)(C)c2cc(C3=CC(=C=O)CC(c4ccc(C(=O)O)cc4)=C3)ccc21. The fraction of sp³-hybridized carbons (Fsp3) is 0.321. The summed E-state index contributed by atoms with van der Waals surface area (Å²) < 4.78 is 0. The number of carbonyl (C=O) groups excluding carboxylic acids is 1. The summed E-state index contributed by atoms with van der Waals surface area (Å²) in [6.45, 7) is 9.24. The van der Waals surface area contributed by atoms with Crippen molar-refractivity contribution in [2.45, 2.75) is 57.8 Å². The molecular weight excluding hydrogens is 384 g/mol. The van der Waals surface area contributed by atoms with E-state index in [1.807, 2.05) is 6.08 Å². The standard InChI is InChI=1S/C28H28O3/c1-27(2)11-12-28(3,4)25-16-21(9-10-24(25)27)23-14-18(17-29)13-22(15-23)19-5-7-20(8-6-19)26(30)31/h5-10,14-16H,11-13H2,1-4H3,(H,30,31). The van der Waals surface area contributed by atoms with E-state index in [-0.39, 0.29) is 16.4 Å². The number of fused-ring (bicyclic) bond motifs is 1. The van der Waals surface area contributed by atoms with Crippen LogP contribution in [0.4, 0.5) is 0 Å². The van der Waals surface area contributed by atoms with Crippen LogP contribution in [0.3, 0.4) is 0 Å². The lowest BCUT2D eigenvalue weighted by atomic mass is 9.63. The van der Waals surface area contributed by atoms with Gasteiger partial charge in [-0.15, -0.1) is 0 Å². The van der Waals surface area contributed by atoms with Gasteiger partial charge in [0, 0.05) is 12.0 Å². The van der Waals surface area contributed by atoms with Gasteiger partial charge >= 0.3 is 5.97 Å². The van der Waals surface area contributed by atoms with Crippen molar-refractivity contribution >= 4 is 23.1 Å². The topological polar surface area (TPSA) is 54.4 Å². The van der Waals surface area contributed by atoms with Crippen molar-refractivity contribution in [3.8, 4) is 0 Å². The summed E-state index contributed by atoms with van der Waals surface area (Å²) >= 11 is 0. The van der Waals surface area contributed by atoms with Crippen molar-refractivity contribution < 1.29 is 14.7 Å². The number of hydrogen-bond acceptors (Lipinski definition) is 2. The highest BCUT2D eigenvalue weighted by molar-refractivity contribution is 5.92. The average molecular weight is 413 g/mol. The van der Waals surface area contributed by atoms with Crippen molar-refractivity contribution in [3.05, 3.63) is 88.0 Å². The van der Waals surface area contributed by atoms with Gasteiger partial charge in [0.1, 0.15) is 5.94 Å². The van der Waals surface area contributed by atoms with E-state index in [9.17, 15) is 9.59 Å². The second-order valence-electron chi connectivity index (χ2n) is 9.98. The van der Waals surface area contributed by atoms with Gasteiger partial charge in [0.2, 0.25) is 0 Å². The Hall–Kier alpha value is -3.16. The van der Waals surface area contributed by atoms with Gasteiger partial charge in [0.25, 0.3) is 0 Å². The van der Waals surface area contributed by atoms with E-state index in [2.05, 4.69) is 57.9 Å². The van der Waals surface area contributed by atoms with Crippen LogP contribution >= 0.6 is 0 Å². The zero-order valence-electron chi connectivity index (χ0n) is 18.6. The minimum Gasteiger partial charge on any atom is -0.478 e. The lowest BCUT2D eigenvalue weighted by Gasteiger charge is -2.42. The lowest BCUT2D eigenvalue weighted by molar-refractivity contribution is 0.0697. The molecule has 0 unspecified atom stereocenters. The first kappa shape index (κ1) is 21.1. The van der Waals surface area contributed by atoms with E-state index >= 15 is 0 Å². The van der Waals surface area contributed by atoms with E-state index in [4.69, 9.17) is 5.11 Å². The third kappa shape index (κ3) is 3.94. The Morgan fingerprint density at radius 1 is 0.871 bits per heavy atom. The fourth-order valence-electron chi connectivity index (χ4n) is 4.74. The molecule has 0 saturated heterocycles. The minimum atomic E-state index is -0.946. The maximum Gasteiger partial charge on any atom is 0.335 e. The molecule has 2 aliphatic carbocycles. The molecular formula is C28H28O3. The maximum atomic E-state index is 11.6. The first-order valence-corrected chi connectivity index (χ1v) is 10.8. The Labute approximate surface area is 183 Å². The fourth-order valence-corrected chi connectivity index (χ4v) is 4.74. The number of benzene rings is 2. The van der Waals surface area contributed by atoms with Gasteiger partial charge in [-0.1, -0.05) is 64.1 Å². The van der Waals surface area contributed by atoms with Crippen molar-refractivity contribution in [3.63, 3.8) is 0 Å². The molecule has 2 aromatic carbocycles. The third-order valence-corrected chi connectivity index (χ3v) is 6.86. The van der Waals surface area contributed by atoms with Crippen LogP contribution in [-0.2, 0) is 15.6 Å². The zero-order valence-corrected chi connectivity index (χ0v) is 18.6. The maximum absolute atomic E-state index is 11.6. The summed E-state index contributed by atoms with van der Waals surface area (Å²) in [7, 11) is 0. The molecule has 0 aliphatic heterocycles.